The molecule has 7 nitrogen and oxygen atoms in total. The second-order valence-corrected chi connectivity index (χ2v) is 4.96. The van der Waals surface area contributed by atoms with Crippen molar-refractivity contribution < 1.29 is 9.32 Å². The predicted octanol–water partition coefficient (Wildman–Crippen LogP) is 1.92. The molecule has 1 atom stereocenters. The minimum absolute atomic E-state index is 0.207. The largest absolute Gasteiger partial charge is 0.341 e. The van der Waals surface area contributed by atoms with Crippen LogP contribution in [-0.4, -0.2) is 21.0 Å². The lowest BCUT2D eigenvalue weighted by molar-refractivity contribution is 0.0932. The number of carbonyl (C=O) groups is 1. The monoisotopic (exact) mass is 310 g/mol. The van der Waals surface area contributed by atoms with Gasteiger partial charge in [-0.25, -0.2) is 0 Å². The van der Waals surface area contributed by atoms with Gasteiger partial charge in [-0.2, -0.15) is 4.98 Å². The van der Waals surface area contributed by atoms with Crippen molar-refractivity contribution in [2.24, 2.45) is 0 Å². The number of hydrogen-bond acceptors (Lipinski definition) is 5. The van der Waals surface area contributed by atoms with Gasteiger partial charge >= 0.3 is 0 Å². The summed E-state index contributed by atoms with van der Waals surface area (Å²) in [5.41, 5.74) is 0.974. The summed E-state index contributed by atoms with van der Waals surface area (Å²) >= 11 is 0. The second kappa shape index (κ2) is 6.27. The first-order valence-electron chi connectivity index (χ1n) is 7.02. The zero-order valence-corrected chi connectivity index (χ0v) is 12.3. The molecule has 0 fully saturated rings. The molecule has 2 N–H and O–H groups in total. The van der Waals surface area contributed by atoms with E-state index in [0.29, 0.717) is 17.0 Å². The smallest absolute Gasteiger partial charge is 0.251 e. The minimum Gasteiger partial charge on any atom is -0.341 e. The third-order valence-electron chi connectivity index (χ3n) is 3.24. The van der Waals surface area contributed by atoms with E-state index in [1.165, 1.54) is 12.3 Å². The van der Waals surface area contributed by atoms with Crippen LogP contribution in [0.4, 0.5) is 0 Å². The maximum absolute atomic E-state index is 12.1. The molecule has 0 radical (unpaired) electrons. The number of amides is 1. The van der Waals surface area contributed by atoms with Gasteiger partial charge in [0.05, 0.1) is 0 Å². The van der Waals surface area contributed by atoms with Crippen molar-refractivity contribution in [2.75, 3.05) is 0 Å². The molecule has 0 aliphatic carbocycles. The average Bonchev–Trinajstić information content (AvgIpc) is 3.06. The first-order valence-corrected chi connectivity index (χ1v) is 7.02. The number of benzene rings is 1. The van der Waals surface area contributed by atoms with Crippen LogP contribution in [-0.2, 0) is 0 Å². The van der Waals surface area contributed by atoms with Crippen molar-refractivity contribution in [2.45, 2.75) is 13.0 Å². The lowest BCUT2D eigenvalue weighted by Gasteiger charge is -2.09. The molecule has 116 valence electrons. The molecule has 0 aliphatic rings. The van der Waals surface area contributed by atoms with Crippen molar-refractivity contribution in [1.82, 2.24) is 20.4 Å². The van der Waals surface area contributed by atoms with Gasteiger partial charge in [0.25, 0.3) is 5.91 Å². The van der Waals surface area contributed by atoms with Crippen LogP contribution >= 0.6 is 0 Å². The highest BCUT2D eigenvalue weighted by molar-refractivity contribution is 5.94. The van der Waals surface area contributed by atoms with Gasteiger partial charge in [-0.05, 0) is 25.1 Å². The summed E-state index contributed by atoms with van der Waals surface area (Å²) in [6.07, 6.45) is 1.50. The Morgan fingerprint density at radius 2 is 2.00 bits per heavy atom. The number of aromatic amines is 1. The van der Waals surface area contributed by atoms with E-state index in [-0.39, 0.29) is 17.4 Å². The maximum atomic E-state index is 12.1. The Morgan fingerprint density at radius 3 is 2.70 bits per heavy atom. The lowest BCUT2D eigenvalue weighted by atomic mass is 10.2. The van der Waals surface area contributed by atoms with Crippen LogP contribution in [0.15, 0.2) is 58.0 Å². The van der Waals surface area contributed by atoms with Gasteiger partial charge in [0, 0.05) is 23.4 Å². The second-order valence-electron chi connectivity index (χ2n) is 4.96. The summed E-state index contributed by atoms with van der Waals surface area (Å²) in [7, 11) is 0. The number of rotatable bonds is 4. The molecular formula is C16H14N4O3. The number of nitrogens with zero attached hydrogens (tertiary/aromatic N) is 2. The molecule has 2 heterocycles. The molecule has 3 aromatic rings. The molecule has 0 spiro atoms. The van der Waals surface area contributed by atoms with Crippen LogP contribution in [0.5, 0.6) is 0 Å². The third kappa shape index (κ3) is 3.34. The fourth-order valence-corrected chi connectivity index (χ4v) is 2.01. The summed E-state index contributed by atoms with van der Waals surface area (Å²) in [4.78, 5) is 29.9. The van der Waals surface area contributed by atoms with Gasteiger partial charge < -0.3 is 14.8 Å². The van der Waals surface area contributed by atoms with E-state index in [1.807, 2.05) is 6.07 Å². The number of H-pyrrole nitrogens is 1. The number of hydrogen-bond donors (Lipinski definition) is 2. The molecule has 0 saturated carbocycles. The van der Waals surface area contributed by atoms with Crippen molar-refractivity contribution in [1.29, 1.82) is 0 Å². The Bertz CT molecular complexity index is 850. The molecular weight excluding hydrogens is 296 g/mol. The van der Waals surface area contributed by atoms with Gasteiger partial charge in [-0.15, -0.1) is 0 Å². The number of nitrogens with one attached hydrogen (secondary N) is 2. The maximum Gasteiger partial charge on any atom is 0.251 e. The Kier molecular flexibility index (Phi) is 4.01. The van der Waals surface area contributed by atoms with Crippen molar-refractivity contribution in [3.63, 3.8) is 0 Å². The van der Waals surface area contributed by atoms with Crippen LogP contribution in [0.2, 0.25) is 0 Å². The number of pyridine rings is 1. The van der Waals surface area contributed by atoms with Gasteiger partial charge in [0.2, 0.25) is 17.3 Å². The van der Waals surface area contributed by atoms with Crippen LogP contribution in [0.25, 0.3) is 11.4 Å². The highest BCUT2D eigenvalue weighted by Gasteiger charge is 2.18. The zero-order chi connectivity index (χ0) is 16.2. The summed E-state index contributed by atoms with van der Waals surface area (Å²) in [6, 6.07) is 11.4. The summed E-state index contributed by atoms with van der Waals surface area (Å²) in [5, 5.41) is 6.65. The molecule has 0 unspecified atom stereocenters. The fraction of sp³-hybridized carbons (Fsp3) is 0.125. The lowest BCUT2D eigenvalue weighted by Crippen LogP contribution is -2.26. The summed E-state index contributed by atoms with van der Waals surface area (Å²) in [6.45, 7) is 1.75. The van der Waals surface area contributed by atoms with E-state index < -0.39 is 6.04 Å². The van der Waals surface area contributed by atoms with E-state index in [4.69, 9.17) is 4.52 Å². The van der Waals surface area contributed by atoms with Crippen LogP contribution in [0, 0.1) is 0 Å². The molecule has 0 bridgehead atoms. The molecule has 3 rings (SSSR count). The first-order chi connectivity index (χ1) is 11.1. The fourth-order valence-electron chi connectivity index (χ4n) is 2.01. The van der Waals surface area contributed by atoms with Crippen molar-refractivity contribution >= 4 is 5.91 Å². The van der Waals surface area contributed by atoms with Gasteiger partial charge in [-0.1, -0.05) is 23.4 Å². The standard InChI is InChI=1S/C16H14N4O3/c1-10(18-15(22)11-5-3-2-4-6-11)16-19-14(20-23-16)12-7-8-13(21)17-9-12/h2-10H,1H3,(H,17,21)(H,18,22)/t10-/m1/s1. The molecule has 0 aliphatic heterocycles. The molecule has 1 amide bonds. The molecule has 1 aromatic carbocycles. The number of aromatic nitrogens is 3. The van der Waals surface area contributed by atoms with E-state index in [1.54, 1.807) is 37.3 Å². The minimum atomic E-state index is -0.438. The Labute approximate surface area is 131 Å². The summed E-state index contributed by atoms with van der Waals surface area (Å²) < 4.78 is 5.18. The Morgan fingerprint density at radius 1 is 1.22 bits per heavy atom. The Balaban J connectivity index is 1.73. The average molecular weight is 310 g/mol. The van der Waals surface area contributed by atoms with E-state index in [0.717, 1.165) is 0 Å². The highest BCUT2D eigenvalue weighted by Crippen LogP contribution is 2.17. The van der Waals surface area contributed by atoms with E-state index in [9.17, 15) is 9.59 Å². The molecule has 23 heavy (non-hydrogen) atoms. The van der Waals surface area contributed by atoms with Gasteiger partial charge in [0.15, 0.2) is 0 Å². The van der Waals surface area contributed by atoms with Crippen molar-refractivity contribution in [3.05, 3.63) is 70.5 Å². The van der Waals surface area contributed by atoms with Gasteiger partial charge in [0.1, 0.15) is 6.04 Å². The molecule has 2 aromatic heterocycles. The normalized spacial score (nSPS) is 11.9. The molecule has 7 heteroatoms. The predicted molar refractivity (Wildman–Crippen MR) is 82.7 cm³/mol. The molecule has 0 saturated heterocycles. The SMILES string of the molecule is C[C@@H](NC(=O)c1ccccc1)c1nc(-c2ccc(=O)[nH]c2)no1. The zero-order valence-electron chi connectivity index (χ0n) is 12.3. The first kappa shape index (κ1) is 14.7. The van der Waals surface area contributed by atoms with E-state index >= 15 is 0 Å². The Hall–Kier alpha value is -3.22. The van der Waals surface area contributed by atoms with Crippen LogP contribution in [0.3, 0.4) is 0 Å². The number of carbonyl (C=O) groups excluding carboxylic acids is 1. The third-order valence-corrected chi connectivity index (χ3v) is 3.24. The highest BCUT2D eigenvalue weighted by atomic mass is 16.5. The van der Waals surface area contributed by atoms with Gasteiger partial charge in [-0.3, -0.25) is 9.59 Å². The topological polar surface area (TPSA) is 101 Å². The summed E-state index contributed by atoms with van der Waals surface area (Å²) in [5.74, 6) is 0.412. The quantitative estimate of drug-likeness (QED) is 0.766. The van der Waals surface area contributed by atoms with Crippen molar-refractivity contribution in [3.8, 4) is 11.4 Å². The van der Waals surface area contributed by atoms with Crippen LogP contribution < -0.4 is 10.9 Å². The van der Waals surface area contributed by atoms with Crippen LogP contribution in [0.1, 0.15) is 29.2 Å². The van der Waals surface area contributed by atoms with E-state index in [2.05, 4.69) is 20.4 Å².